The highest BCUT2D eigenvalue weighted by Gasteiger charge is 2.07. The molecule has 0 saturated carbocycles. The summed E-state index contributed by atoms with van der Waals surface area (Å²) in [6.45, 7) is 2.15. The molecule has 0 aliphatic rings. The van der Waals surface area contributed by atoms with Crippen LogP contribution in [-0.2, 0) is 6.42 Å². The number of nitrogens with zero attached hydrogens (tertiary/aromatic N) is 2. The van der Waals surface area contributed by atoms with E-state index in [4.69, 9.17) is 5.73 Å². The number of hydrogen-bond acceptors (Lipinski definition) is 2. The normalized spacial score (nSPS) is 11.0. The Bertz CT molecular complexity index is 462. The van der Waals surface area contributed by atoms with Crippen molar-refractivity contribution in [1.82, 2.24) is 9.38 Å². The fraction of sp³-hybridized carbons (Fsp3) is 0.300. The van der Waals surface area contributed by atoms with Crippen molar-refractivity contribution in [3.05, 3.63) is 28.8 Å². The van der Waals surface area contributed by atoms with Crippen LogP contribution in [0.3, 0.4) is 0 Å². The van der Waals surface area contributed by atoms with Crippen molar-refractivity contribution in [1.29, 1.82) is 0 Å². The fourth-order valence-electron chi connectivity index (χ4n) is 1.52. The molecule has 0 saturated heterocycles. The van der Waals surface area contributed by atoms with E-state index in [0.29, 0.717) is 0 Å². The number of imidazole rings is 1. The zero-order chi connectivity index (χ0) is 10.1. The molecule has 0 unspecified atom stereocenters. The first kappa shape index (κ1) is 9.52. The number of aromatic nitrogens is 2. The summed E-state index contributed by atoms with van der Waals surface area (Å²) in [4.78, 5) is 4.44. The Morgan fingerprint density at radius 2 is 2.36 bits per heavy atom. The van der Waals surface area contributed by atoms with Gasteiger partial charge in [0, 0.05) is 18.3 Å². The molecule has 0 aliphatic heterocycles. The van der Waals surface area contributed by atoms with Crippen LogP contribution >= 0.6 is 15.9 Å². The summed E-state index contributed by atoms with van der Waals surface area (Å²) in [7, 11) is 0. The van der Waals surface area contributed by atoms with E-state index in [0.717, 1.165) is 34.5 Å². The number of aryl methyl sites for hydroxylation is 1. The Morgan fingerprint density at radius 3 is 3.07 bits per heavy atom. The first-order valence-electron chi connectivity index (χ1n) is 4.64. The predicted molar refractivity (Wildman–Crippen MR) is 61.3 cm³/mol. The molecular formula is C10H12BrN3. The van der Waals surface area contributed by atoms with Gasteiger partial charge in [-0.1, -0.05) is 6.92 Å². The number of nitrogen functional groups attached to an aromatic ring is 1. The largest absolute Gasteiger partial charge is 0.399 e. The van der Waals surface area contributed by atoms with E-state index in [9.17, 15) is 0 Å². The summed E-state index contributed by atoms with van der Waals surface area (Å²) < 4.78 is 2.94. The van der Waals surface area contributed by atoms with Crippen LogP contribution in [0.2, 0.25) is 0 Å². The summed E-state index contributed by atoms with van der Waals surface area (Å²) in [5, 5.41) is 0. The van der Waals surface area contributed by atoms with Crippen LogP contribution in [0.25, 0.3) is 5.52 Å². The van der Waals surface area contributed by atoms with Gasteiger partial charge < -0.3 is 10.1 Å². The smallest absolute Gasteiger partial charge is 0.132 e. The zero-order valence-corrected chi connectivity index (χ0v) is 9.58. The lowest BCUT2D eigenvalue weighted by atomic mass is 10.3. The highest BCUT2D eigenvalue weighted by molar-refractivity contribution is 9.10. The van der Waals surface area contributed by atoms with Crippen molar-refractivity contribution in [3.8, 4) is 0 Å². The van der Waals surface area contributed by atoms with Crippen molar-refractivity contribution in [3.63, 3.8) is 0 Å². The van der Waals surface area contributed by atoms with E-state index in [1.54, 1.807) is 0 Å². The molecule has 2 N–H and O–H groups in total. The molecule has 2 aromatic rings. The minimum absolute atomic E-state index is 0.765. The zero-order valence-electron chi connectivity index (χ0n) is 8.00. The molecule has 0 aromatic carbocycles. The van der Waals surface area contributed by atoms with Gasteiger partial charge in [0.05, 0.1) is 5.52 Å². The van der Waals surface area contributed by atoms with Crippen molar-refractivity contribution < 1.29 is 0 Å². The first-order chi connectivity index (χ1) is 6.72. The van der Waals surface area contributed by atoms with E-state index in [-0.39, 0.29) is 0 Å². The van der Waals surface area contributed by atoms with Gasteiger partial charge in [0.15, 0.2) is 0 Å². The minimum atomic E-state index is 0.765. The molecule has 14 heavy (non-hydrogen) atoms. The lowest BCUT2D eigenvalue weighted by Gasteiger charge is -1.99. The Hall–Kier alpha value is -1.03. The van der Waals surface area contributed by atoms with Gasteiger partial charge in [0.2, 0.25) is 0 Å². The number of fused-ring (bicyclic) bond motifs is 1. The molecule has 0 fully saturated rings. The number of nitrogens with two attached hydrogens (primary N) is 1. The third-order valence-electron chi connectivity index (χ3n) is 2.17. The van der Waals surface area contributed by atoms with E-state index in [2.05, 4.69) is 32.2 Å². The molecule has 2 aromatic heterocycles. The number of hydrogen-bond donors (Lipinski definition) is 1. The second kappa shape index (κ2) is 3.61. The van der Waals surface area contributed by atoms with Crippen LogP contribution in [0.15, 0.2) is 22.9 Å². The number of rotatable bonds is 2. The lowest BCUT2D eigenvalue weighted by molar-refractivity contribution is 0.829. The van der Waals surface area contributed by atoms with Gasteiger partial charge >= 0.3 is 0 Å². The molecule has 0 aliphatic carbocycles. The van der Waals surface area contributed by atoms with Crippen molar-refractivity contribution >= 4 is 27.1 Å². The average molecular weight is 254 g/mol. The van der Waals surface area contributed by atoms with Gasteiger partial charge in [0.1, 0.15) is 10.4 Å². The summed E-state index contributed by atoms with van der Waals surface area (Å²) >= 11 is 3.43. The van der Waals surface area contributed by atoms with Gasteiger partial charge in [-0.15, -0.1) is 0 Å². The molecular weight excluding hydrogens is 242 g/mol. The Morgan fingerprint density at radius 1 is 1.57 bits per heavy atom. The number of halogens is 1. The van der Waals surface area contributed by atoms with Gasteiger partial charge in [-0.3, -0.25) is 0 Å². The topological polar surface area (TPSA) is 43.3 Å². The Labute approximate surface area is 91.1 Å². The summed E-state index contributed by atoms with van der Waals surface area (Å²) in [5.41, 5.74) is 7.51. The van der Waals surface area contributed by atoms with Crippen LogP contribution in [0, 0.1) is 0 Å². The molecule has 0 radical (unpaired) electrons. The van der Waals surface area contributed by atoms with Crippen LogP contribution in [0.4, 0.5) is 5.69 Å². The Kier molecular flexibility index (Phi) is 2.46. The predicted octanol–water partition coefficient (Wildman–Crippen LogP) is 2.63. The third-order valence-corrected chi connectivity index (χ3v) is 2.75. The maximum absolute atomic E-state index is 5.71. The highest BCUT2D eigenvalue weighted by Crippen LogP contribution is 2.21. The molecule has 0 spiro atoms. The van der Waals surface area contributed by atoms with Gasteiger partial charge in [-0.2, -0.15) is 0 Å². The average Bonchev–Trinajstić information content (AvgIpc) is 2.44. The molecule has 0 amide bonds. The number of pyridine rings is 1. The lowest BCUT2D eigenvalue weighted by Crippen LogP contribution is -1.94. The van der Waals surface area contributed by atoms with E-state index >= 15 is 0 Å². The first-order valence-corrected chi connectivity index (χ1v) is 5.43. The number of anilines is 1. The van der Waals surface area contributed by atoms with Crippen LogP contribution in [0.1, 0.15) is 19.2 Å². The molecule has 2 rings (SSSR count). The molecule has 2 heterocycles. The van der Waals surface area contributed by atoms with Crippen LogP contribution in [0.5, 0.6) is 0 Å². The third kappa shape index (κ3) is 1.50. The molecule has 3 nitrogen and oxygen atoms in total. The second-order valence-corrected chi connectivity index (χ2v) is 4.04. The van der Waals surface area contributed by atoms with E-state index in [1.165, 1.54) is 0 Å². The van der Waals surface area contributed by atoms with Crippen molar-refractivity contribution in [2.45, 2.75) is 19.8 Å². The van der Waals surface area contributed by atoms with Crippen LogP contribution in [-0.4, -0.2) is 9.38 Å². The standard InChI is InChI=1S/C10H12BrN3/c1-2-3-9-13-10(11)8-6-7(12)4-5-14(8)9/h4-6H,2-3,12H2,1H3. The van der Waals surface area contributed by atoms with Gasteiger partial charge in [-0.05, 0) is 34.5 Å². The maximum atomic E-state index is 5.71. The van der Waals surface area contributed by atoms with Crippen LogP contribution < -0.4 is 5.73 Å². The fourth-order valence-corrected chi connectivity index (χ4v) is 2.04. The molecule has 74 valence electrons. The quantitative estimate of drug-likeness (QED) is 0.895. The van der Waals surface area contributed by atoms with Crippen molar-refractivity contribution in [2.24, 2.45) is 0 Å². The van der Waals surface area contributed by atoms with Gasteiger partial charge in [-0.25, -0.2) is 4.98 Å². The Balaban J connectivity index is 2.65. The molecule has 4 heteroatoms. The molecule has 0 atom stereocenters. The highest BCUT2D eigenvalue weighted by atomic mass is 79.9. The SMILES string of the molecule is CCCc1nc(Br)c2cc(N)ccn12. The maximum Gasteiger partial charge on any atom is 0.132 e. The van der Waals surface area contributed by atoms with Gasteiger partial charge in [0.25, 0.3) is 0 Å². The summed E-state index contributed by atoms with van der Waals surface area (Å²) in [6, 6.07) is 3.82. The van der Waals surface area contributed by atoms with E-state index < -0.39 is 0 Å². The second-order valence-electron chi connectivity index (χ2n) is 3.28. The van der Waals surface area contributed by atoms with E-state index in [1.807, 2.05) is 18.3 Å². The molecule has 0 bridgehead atoms. The van der Waals surface area contributed by atoms with Crippen molar-refractivity contribution in [2.75, 3.05) is 5.73 Å². The summed E-state index contributed by atoms with van der Waals surface area (Å²) in [5.74, 6) is 1.08. The summed E-state index contributed by atoms with van der Waals surface area (Å²) in [6.07, 6.45) is 4.04. The minimum Gasteiger partial charge on any atom is -0.399 e. The monoisotopic (exact) mass is 253 g/mol.